The molecule has 0 aromatic heterocycles. The first-order chi connectivity index (χ1) is 7.81. The van der Waals surface area contributed by atoms with E-state index in [9.17, 15) is 4.79 Å². The Morgan fingerprint density at radius 1 is 1.19 bits per heavy atom. The van der Waals surface area contributed by atoms with Gasteiger partial charge in [0.15, 0.2) is 0 Å². The molecule has 1 aliphatic heterocycles. The third-order valence-corrected chi connectivity index (χ3v) is 2.38. The van der Waals surface area contributed by atoms with Gasteiger partial charge in [-0.15, -0.1) is 0 Å². The molecule has 0 fully saturated rings. The summed E-state index contributed by atoms with van der Waals surface area (Å²) in [5.74, 6) is 0.719. The number of amides is 1. The van der Waals surface area contributed by atoms with Gasteiger partial charge in [0.2, 0.25) is 0 Å². The molecule has 0 radical (unpaired) electrons. The van der Waals surface area contributed by atoms with Gasteiger partial charge in [-0.2, -0.15) is 0 Å². The molecule has 3 heteroatoms. The molecule has 3 nitrogen and oxygen atoms in total. The molecule has 16 heavy (non-hydrogen) atoms. The molecule has 0 N–H and O–H groups in total. The van der Waals surface area contributed by atoms with Crippen molar-refractivity contribution < 1.29 is 9.53 Å². The van der Waals surface area contributed by atoms with Crippen LogP contribution in [0.25, 0.3) is 0 Å². The molecule has 0 atom stereocenters. The van der Waals surface area contributed by atoms with Crippen LogP contribution in [0.2, 0.25) is 0 Å². The molecule has 1 aromatic carbocycles. The average molecular weight is 215 g/mol. The van der Waals surface area contributed by atoms with E-state index in [4.69, 9.17) is 4.74 Å². The van der Waals surface area contributed by atoms with Gasteiger partial charge in [0.25, 0.3) is 5.91 Å². The first-order valence-corrected chi connectivity index (χ1v) is 5.11. The van der Waals surface area contributed by atoms with Crippen LogP contribution in [0.1, 0.15) is 16.8 Å². The highest BCUT2D eigenvalue weighted by Gasteiger charge is 2.11. The van der Waals surface area contributed by atoms with E-state index >= 15 is 0 Å². The number of carbonyl (C=O) groups is 1. The highest BCUT2D eigenvalue weighted by Crippen LogP contribution is 2.14. The summed E-state index contributed by atoms with van der Waals surface area (Å²) in [4.78, 5) is 13.6. The van der Waals surface area contributed by atoms with Gasteiger partial charge in [0.1, 0.15) is 5.75 Å². The molecule has 0 unspecified atom stereocenters. The normalized spacial score (nSPS) is 13.9. The van der Waals surface area contributed by atoms with E-state index in [1.54, 1.807) is 48.7 Å². The average Bonchev–Trinajstić information content (AvgIpc) is 2.39. The summed E-state index contributed by atoms with van der Waals surface area (Å²) in [5.41, 5.74) is 0.650. The smallest absolute Gasteiger partial charge is 0.261 e. The van der Waals surface area contributed by atoms with E-state index in [-0.39, 0.29) is 5.91 Å². The molecule has 0 saturated carbocycles. The number of benzene rings is 1. The summed E-state index contributed by atoms with van der Waals surface area (Å²) < 4.78 is 5.04. The molecule has 0 saturated heterocycles. The zero-order chi connectivity index (χ0) is 11.4. The van der Waals surface area contributed by atoms with E-state index in [2.05, 4.69) is 0 Å². The number of allylic oxidation sites excluding steroid dienone is 2. The van der Waals surface area contributed by atoms with Gasteiger partial charge in [-0.05, 0) is 30.7 Å². The second-order valence-corrected chi connectivity index (χ2v) is 3.45. The number of rotatable bonds is 2. The maximum atomic E-state index is 12.0. The van der Waals surface area contributed by atoms with Crippen molar-refractivity contribution in [3.05, 3.63) is 54.4 Å². The van der Waals surface area contributed by atoms with Crippen molar-refractivity contribution in [3.63, 3.8) is 0 Å². The highest BCUT2D eigenvalue weighted by molar-refractivity contribution is 5.95. The van der Waals surface area contributed by atoms with Crippen LogP contribution in [-0.4, -0.2) is 17.9 Å². The van der Waals surface area contributed by atoms with Crippen LogP contribution in [0.4, 0.5) is 0 Å². The number of hydrogen-bond acceptors (Lipinski definition) is 2. The summed E-state index contributed by atoms with van der Waals surface area (Å²) in [7, 11) is 1.60. The number of methoxy groups -OCH3 is 1. The summed E-state index contributed by atoms with van der Waals surface area (Å²) in [6, 6.07) is 7.09. The van der Waals surface area contributed by atoms with Gasteiger partial charge in [-0.25, -0.2) is 0 Å². The van der Waals surface area contributed by atoms with Crippen molar-refractivity contribution in [2.45, 2.75) is 6.42 Å². The van der Waals surface area contributed by atoms with Crippen LogP contribution in [0.3, 0.4) is 0 Å². The van der Waals surface area contributed by atoms with E-state index in [1.165, 1.54) is 0 Å². The molecule has 1 amide bonds. The van der Waals surface area contributed by atoms with Crippen molar-refractivity contribution in [2.75, 3.05) is 7.11 Å². The fourth-order valence-corrected chi connectivity index (χ4v) is 1.50. The number of nitrogens with zero attached hydrogens (tertiary/aromatic N) is 1. The minimum absolute atomic E-state index is 0.0325. The first kappa shape index (κ1) is 10.5. The Hall–Kier alpha value is -2.03. The molecule has 0 aliphatic carbocycles. The summed E-state index contributed by atoms with van der Waals surface area (Å²) in [5, 5.41) is 0. The van der Waals surface area contributed by atoms with E-state index in [1.807, 2.05) is 12.2 Å². The van der Waals surface area contributed by atoms with E-state index in [0.29, 0.717) is 5.56 Å². The van der Waals surface area contributed by atoms with E-state index in [0.717, 1.165) is 12.2 Å². The van der Waals surface area contributed by atoms with Crippen LogP contribution in [0.15, 0.2) is 48.8 Å². The molecule has 0 spiro atoms. The topological polar surface area (TPSA) is 29.5 Å². The Balaban J connectivity index is 2.17. The zero-order valence-corrected chi connectivity index (χ0v) is 9.09. The van der Waals surface area contributed by atoms with Crippen LogP contribution in [-0.2, 0) is 0 Å². The Bertz CT molecular complexity index is 420. The molecular formula is C13H13NO2. The van der Waals surface area contributed by atoms with Gasteiger partial charge in [-0.1, -0.05) is 12.2 Å². The molecule has 1 heterocycles. The number of ether oxygens (including phenoxy) is 1. The second kappa shape index (κ2) is 4.66. The SMILES string of the molecule is COc1ccc(C(=O)N2C=CCC=C2)cc1. The maximum absolute atomic E-state index is 12.0. The monoisotopic (exact) mass is 215 g/mol. The Morgan fingerprint density at radius 2 is 1.81 bits per heavy atom. The molecule has 1 aliphatic rings. The second-order valence-electron chi connectivity index (χ2n) is 3.45. The van der Waals surface area contributed by atoms with Crippen molar-refractivity contribution in [1.82, 2.24) is 4.90 Å². The third kappa shape index (κ3) is 2.14. The first-order valence-electron chi connectivity index (χ1n) is 5.11. The molecule has 1 aromatic rings. The predicted molar refractivity (Wildman–Crippen MR) is 62.1 cm³/mol. The van der Waals surface area contributed by atoms with Crippen LogP contribution in [0, 0.1) is 0 Å². The summed E-state index contributed by atoms with van der Waals surface area (Å²) >= 11 is 0. The lowest BCUT2D eigenvalue weighted by Gasteiger charge is -2.15. The predicted octanol–water partition coefficient (Wildman–Crippen LogP) is 2.57. The fraction of sp³-hybridized carbons (Fsp3) is 0.154. The lowest BCUT2D eigenvalue weighted by molar-refractivity contribution is 0.0868. The zero-order valence-electron chi connectivity index (χ0n) is 9.09. The summed E-state index contributed by atoms with van der Waals surface area (Å²) in [6.45, 7) is 0. The van der Waals surface area contributed by atoms with Gasteiger partial charge in [0, 0.05) is 18.0 Å². The Morgan fingerprint density at radius 3 is 2.38 bits per heavy atom. The van der Waals surface area contributed by atoms with Crippen molar-refractivity contribution >= 4 is 5.91 Å². The summed E-state index contributed by atoms with van der Waals surface area (Å²) in [6.07, 6.45) is 8.34. The van der Waals surface area contributed by atoms with Gasteiger partial charge in [0.05, 0.1) is 7.11 Å². The van der Waals surface area contributed by atoms with Gasteiger partial charge in [-0.3, -0.25) is 9.69 Å². The molecule has 2 rings (SSSR count). The standard InChI is InChI=1S/C13H13NO2/c1-16-12-7-5-11(6-8-12)13(15)14-9-3-2-4-10-14/h3-10H,2H2,1H3. The van der Waals surface area contributed by atoms with Crippen LogP contribution >= 0.6 is 0 Å². The lowest BCUT2D eigenvalue weighted by atomic mass is 10.2. The largest absolute Gasteiger partial charge is 0.497 e. The minimum Gasteiger partial charge on any atom is -0.497 e. The Kier molecular flexibility index (Phi) is 3.05. The molecule has 82 valence electrons. The van der Waals surface area contributed by atoms with Gasteiger partial charge < -0.3 is 4.74 Å². The van der Waals surface area contributed by atoms with Crippen molar-refractivity contribution in [1.29, 1.82) is 0 Å². The molecular weight excluding hydrogens is 202 g/mol. The van der Waals surface area contributed by atoms with Crippen molar-refractivity contribution in [3.8, 4) is 5.75 Å². The van der Waals surface area contributed by atoms with E-state index < -0.39 is 0 Å². The van der Waals surface area contributed by atoms with Gasteiger partial charge >= 0.3 is 0 Å². The van der Waals surface area contributed by atoms with Crippen LogP contribution < -0.4 is 4.74 Å². The minimum atomic E-state index is -0.0325. The highest BCUT2D eigenvalue weighted by atomic mass is 16.5. The lowest BCUT2D eigenvalue weighted by Crippen LogP contribution is -2.20. The number of carbonyl (C=O) groups excluding carboxylic acids is 1. The maximum Gasteiger partial charge on any atom is 0.261 e. The van der Waals surface area contributed by atoms with Crippen LogP contribution in [0.5, 0.6) is 5.75 Å². The third-order valence-electron chi connectivity index (χ3n) is 2.38. The Labute approximate surface area is 94.6 Å². The fourth-order valence-electron chi connectivity index (χ4n) is 1.50. The van der Waals surface area contributed by atoms with Crippen molar-refractivity contribution in [2.24, 2.45) is 0 Å². The quantitative estimate of drug-likeness (QED) is 0.758. The number of hydrogen-bond donors (Lipinski definition) is 0. The molecule has 0 bridgehead atoms.